The molecule has 7 heteroatoms. The van der Waals surface area contributed by atoms with Crippen LogP contribution in [0.25, 0.3) is 10.2 Å². The Labute approximate surface area is 123 Å². The highest BCUT2D eigenvalue weighted by molar-refractivity contribution is 7.18. The average molecular weight is 309 g/mol. The van der Waals surface area contributed by atoms with E-state index in [1.807, 2.05) is 13.0 Å². The topological polar surface area (TPSA) is 63.8 Å². The highest BCUT2D eigenvalue weighted by atomic mass is 35.5. The van der Waals surface area contributed by atoms with Gasteiger partial charge in [-0.1, -0.05) is 11.6 Å². The average Bonchev–Trinajstić information content (AvgIpc) is 2.74. The number of thiophene rings is 1. The Kier molecular flexibility index (Phi) is 3.19. The first-order chi connectivity index (χ1) is 9.52. The van der Waals surface area contributed by atoms with Crippen LogP contribution in [0, 0.1) is 12.7 Å². The van der Waals surface area contributed by atoms with E-state index in [1.165, 1.54) is 29.5 Å². The van der Waals surface area contributed by atoms with Gasteiger partial charge >= 0.3 is 0 Å². The zero-order chi connectivity index (χ0) is 14.3. The summed E-state index contributed by atoms with van der Waals surface area (Å²) in [6, 6.07) is 6.22. The van der Waals surface area contributed by atoms with Gasteiger partial charge in [0.1, 0.15) is 16.5 Å². The van der Waals surface area contributed by atoms with Crippen LogP contribution in [0.15, 0.2) is 24.3 Å². The molecule has 0 spiro atoms. The Morgan fingerprint density at radius 1 is 1.30 bits per heavy atom. The maximum Gasteiger partial charge on any atom is 0.223 e. The maximum atomic E-state index is 13.8. The summed E-state index contributed by atoms with van der Waals surface area (Å²) in [6.45, 7) is 1.96. The Hall–Kier alpha value is -1.92. The lowest BCUT2D eigenvalue weighted by molar-refractivity contribution is 0.632. The number of nitrogen functional groups attached to an aromatic ring is 1. The van der Waals surface area contributed by atoms with E-state index in [9.17, 15) is 4.39 Å². The second kappa shape index (κ2) is 4.88. The number of hydrogen-bond acceptors (Lipinski definition) is 5. The molecule has 0 bridgehead atoms. The molecule has 0 aliphatic heterocycles. The molecule has 0 radical (unpaired) electrons. The van der Waals surface area contributed by atoms with E-state index >= 15 is 0 Å². The summed E-state index contributed by atoms with van der Waals surface area (Å²) in [5, 5.41) is 4.17. The summed E-state index contributed by atoms with van der Waals surface area (Å²) < 4.78 is 13.8. The van der Waals surface area contributed by atoms with Gasteiger partial charge in [0.25, 0.3) is 0 Å². The SMILES string of the molecule is Cc1cc2c(Nc3cc(Cl)ccc3F)nc(N)nc2s1. The lowest BCUT2D eigenvalue weighted by atomic mass is 10.3. The lowest BCUT2D eigenvalue weighted by Crippen LogP contribution is -2.01. The summed E-state index contributed by atoms with van der Waals surface area (Å²) in [6.07, 6.45) is 0. The van der Waals surface area contributed by atoms with Crippen LogP contribution in [0.4, 0.5) is 21.8 Å². The molecular weight excluding hydrogens is 299 g/mol. The smallest absolute Gasteiger partial charge is 0.223 e. The number of halogens is 2. The molecule has 0 saturated heterocycles. The third-order valence-electron chi connectivity index (χ3n) is 2.71. The van der Waals surface area contributed by atoms with E-state index in [1.54, 1.807) is 0 Å². The Morgan fingerprint density at radius 2 is 2.10 bits per heavy atom. The van der Waals surface area contributed by atoms with Crippen molar-refractivity contribution < 1.29 is 4.39 Å². The number of benzene rings is 1. The van der Waals surface area contributed by atoms with Crippen molar-refractivity contribution in [1.29, 1.82) is 0 Å². The molecular formula is C13H10ClFN4S. The summed E-state index contributed by atoms with van der Waals surface area (Å²) in [7, 11) is 0. The van der Waals surface area contributed by atoms with Crippen molar-refractivity contribution in [3.63, 3.8) is 0 Å². The first-order valence-electron chi connectivity index (χ1n) is 5.78. The van der Waals surface area contributed by atoms with Gasteiger partial charge in [-0.2, -0.15) is 4.98 Å². The summed E-state index contributed by atoms with van der Waals surface area (Å²) in [5.41, 5.74) is 5.93. The van der Waals surface area contributed by atoms with E-state index in [4.69, 9.17) is 17.3 Å². The van der Waals surface area contributed by atoms with Crippen molar-refractivity contribution in [2.75, 3.05) is 11.1 Å². The lowest BCUT2D eigenvalue weighted by Gasteiger charge is -2.08. The molecule has 2 heterocycles. The van der Waals surface area contributed by atoms with E-state index < -0.39 is 5.82 Å². The number of aromatic nitrogens is 2. The molecule has 3 aromatic rings. The Morgan fingerprint density at radius 3 is 2.90 bits per heavy atom. The Bertz CT molecular complexity index is 802. The molecule has 0 aliphatic carbocycles. The van der Waals surface area contributed by atoms with Gasteiger partial charge in [-0.15, -0.1) is 11.3 Å². The third kappa shape index (κ3) is 2.39. The van der Waals surface area contributed by atoms with Gasteiger partial charge in [-0.3, -0.25) is 0 Å². The van der Waals surface area contributed by atoms with Crippen molar-refractivity contribution >= 4 is 50.6 Å². The fourth-order valence-electron chi connectivity index (χ4n) is 1.87. The van der Waals surface area contributed by atoms with Gasteiger partial charge in [0.05, 0.1) is 11.1 Å². The summed E-state index contributed by atoms with van der Waals surface area (Å²) in [5.74, 6) is 0.203. The van der Waals surface area contributed by atoms with E-state index in [-0.39, 0.29) is 11.6 Å². The molecule has 1 aromatic carbocycles. The summed E-state index contributed by atoms with van der Waals surface area (Å²) >= 11 is 7.38. The van der Waals surface area contributed by atoms with Crippen molar-refractivity contribution in [3.05, 3.63) is 40.0 Å². The minimum Gasteiger partial charge on any atom is -0.368 e. The van der Waals surface area contributed by atoms with E-state index in [0.717, 1.165) is 15.1 Å². The van der Waals surface area contributed by atoms with Crippen LogP contribution in [-0.2, 0) is 0 Å². The molecule has 0 amide bonds. The fourth-order valence-corrected chi connectivity index (χ4v) is 2.93. The number of aryl methyl sites for hydroxylation is 1. The maximum absolute atomic E-state index is 13.8. The van der Waals surface area contributed by atoms with Crippen LogP contribution in [0.5, 0.6) is 0 Å². The van der Waals surface area contributed by atoms with E-state index in [2.05, 4.69) is 15.3 Å². The molecule has 3 N–H and O–H groups in total. The molecule has 2 aromatic heterocycles. The number of nitrogens with zero attached hydrogens (tertiary/aromatic N) is 2. The van der Waals surface area contributed by atoms with Crippen LogP contribution < -0.4 is 11.1 Å². The molecule has 0 fully saturated rings. The molecule has 0 saturated carbocycles. The zero-order valence-corrected chi connectivity index (χ0v) is 12.0. The standard InChI is InChI=1S/C13H10ClFN4S/c1-6-4-8-11(18-13(16)19-12(8)20-6)17-10-5-7(14)2-3-9(10)15/h2-5H,1H3,(H3,16,17,18,19). The molecule has 20 heavy (non-hydrogen) atoms. The van der Waals surface area contributed by atoms with E-state index in [0.29, 0.717) is 10.8 Å². The minimum absolute atomic E-state index is 0.143. The van der Waals surface area contributed by atoms with Crippen LogP contribution >= 0.6 is 22.9 Å². The first-order valence-corrected chi connectivity index (χ1v) is 6.98. The summed E-state index contributed by atoms with van der Waals surface area (Å²) in [4.78, 5) is 10.1. The molecule has 3 rings (SSSR count). The van der Waals surface area contributed by atoms with Gasteiger partial charge < -0.3 is 11.1 Å². The van der Waals surface area contributed by atoms with Gasteiger partial charge in [0.15, 0.2) is 0 Å². The predicted octanol–water partition coefficient (Wildman–Crippen LogP) is 4.12. The molecule has 102 valence electrons. The number of fused-ring (bicyclic) bond motifs is 1. The number of nitrogens with one attached hydrogen (secondary N) is 1. The van der Waals surface area contributed by atoms with Crippen molar-refractivity contribution in [3.8, 4) is 0 Å². The fraction of sp³-hybridized carbons (Fsp3) is 0.0769. The molecule has 0 atom stereocenters. The zero-order valence-electron chi connectivity index (χ0n) is 10.4. The first kappa shape index (κ1) is 13.1. The third-order valence-corrected chi connectivity index (χ3v) is 3.89. The second-order valence-electron chi connectivity index (χ2n) is 4.26. The minimum atomic E-state index is -0.410. The number of anilines is 3. The van der Waals surface area contributed by atoms with Crippen LogP contribution in [0.3, 0.4) is 0 Å². The van der Waals surface area contributed by atoms with Gasteiger partial charge in [0, 0.05) is 9.90 Å². The van der Waals surface area contributed by atoms with Gasteiger partial charge in [-0.05, 0) is 31.2 Å². The number of rotatable bonds is 2. The Balaban J connectivity index is 2.12. The highest BCUT2D eigenvalue weighted by Crippen LogP contribution is 2.32. The quantitative estimate of drug-likeness (QED) is 0.747. The number of hydrogen-bond donors (Lipinski definition) is 2. The van der Waals surface area contributed by atoms with Gasteiger partial charge in [-0.25, -0.2) is 9.37 Å². The monoisotopic (exact) mass is 308 g/mol. The molecule has 0 aliphatic rings. The van der Waals surface area contributed by atoms with Crippen molar-refractivity contribution in [1.82, 2.24) is 9.97 Å². The van der Waals surface area contributed by atoms with Crippen molar-refractivity contribution in [2.24, 2.45) is 0 Å². The highest BCUT2D eigenvalue weighted by Gasteiger charge is 2.11. The second-order valence-corrected chi connectivity index (χ2v) is 5.93. The molecule has 4 nitrogen and oxygen atoms in total. The van der Waals surface area contributed by atoms with Crippen molar-refractivity contribution in [2.45, 2.75) is 6.92 Å². The van der Waals surface area contributed by atoms with Crippen LogP contribution in [0.1, 0.15) is 4.88 Å². The number of nitrogens with two attached hydrogens (primary N) is 1. The van der Waals surface area contributed by atoms with Crippen LogP contribution in [-0.4, -0.2) is 9.97 Å². The van der Waals surface area contributed by atoms with Gasteiger partial charge in [0.2, 0.25) is 5.95 Å². The van der Waals surface area contributed by atoms with Crippen LogP contribution in [0.2, 0.25) is 5.02 Å². The largest absolute Gasteiger partial charge is 0.368 e. The predicted molar refractivity (Wildman–Crippen MR) is 81.3 cm³/mol. The normalized spacial score (nSPS) is 10.9. The molecule has 0 unspecified atom stereocenters.